The molecule has 1 fully saturated rings. The van der Waals surface area contributed by atoms with Gasteiger partial charge in [-0.25, -0.2) is 9.67 Å². The van der Waals surface area contributed by atoms with Crippen LogP contribution in [0.1, 0.15) is 29.2 Å². The maximum atomic E-state index is 12.2. The fourth-order valence-corrected chi connectivity index (χ4v) is 4.03. The number of hydrogen-bond donors (Lipinski definition) is 3. The van der Waals surface area contributed by atoms with Crippen LogP contribution in [0.25, 0.3) is 33.4 Å². The van der Waals surface area contributed by atoms with Crippen molar-refractivity contribution < 1.29 is 4.79 Å². The largest absolute Gasteiger partial charge is 0.383 e. The quantitative estimate of drug-likeness (QED) is 0.487. The number of carbonyl (C=O) groups is 1. The van der Waals surface area contributed by atoms with Gasteiger partial charge in [0.05, 0.1) is 17.3 Å². The minimum atomic E-state index is -0.594. The molecule has 1 aliphatic carbocycles. The van der Waals surface area contributed by atoms with Gasteiger partial charge in [0.2, 0.25) is 0 Å². The lowest BCUT2D eigenvalue weighted by atomic mass is 9.88. The first-order valence-corrected chi connectivity index (χ1v) is 9.91. The molecule has 0 aliphatic heterocycles. The number of aromatic nitrogens is 3. The number of amides is 1. The first-order valence-electron chi connectivity index (χ1n) is 9.91. The number of nitrogens with two attached hydrogens (primary N) is 3. The van der Waals surface area contributed by atoms with E-state index in [1.165, 1.54) is 0 Å². The minimum absolute atomic E-state index is 0.0927. The number of fused-ring (bicyclic) bond motifs is 1. The van der Waals surface area contributed by atoms with Gasteiger partial charge in [-0.2, -0.15) is 5.10 Å². The molecule has 7 nitrogen and oxygen atoms in total. The summed E-state index contributed by atoms with van der Waals surface area (Å²) >= 11 is 0. The van der Waals surface area contributed by atoms with Crippen molar-refractivity contribution in [3.63, 3.8) is 0 Å². The first kappa shape index (κ1) is 18.3. The molecule has 7 heteroatoms. The van der Waals surface area contributed by atoms with Crippen LogP contribution in [0, 0.1) is 0 Å². The van der Waals surface area contributed by atoms with Crippen molar-refractivity contribution in [2.45, 2.75) is 24.9 Å². The summed E-state index contributed by atoms with van der Waals surface area (Å²) in [6, 6.07) is 20.1. The van der Waals surface area contributed by atoms with Crippen LogP contribution in [-0.2, 0) is 0 Å². The van der Waals surface area contributed by atoms with Crippen LogP contribution < -0.4 is 17.2 Å². The smallest absolute Gasteiger partial charge is 0.254 e. The van der Waals surface area contributed by atoms with Crippen molar-refractivity contribution in [1.29, 1.82) is 0 Å². The summed E-state index contributed by atoms with van der Waals surface area (Å²) in [7, 11) is 0. The van der Waals surface area contributed by atoms with Crippen LogP contribution in [0.2, 0.25) is 0 Å². The van der Waals surface area contributed by atoms with E-state index in [0.29, 0.717) is 11.5 Å². The second-order valence-electron chi connectivity index (χ2n) is 7.77. The van der Waals surface area contributed by atoms with E-state index in [-0.39, 0.29) is 17.6 Å². The third-order valence-corrected chi connectivity index (χ3v) is 5.72. The second-order valence-corrected chi connectivity index (χ2v) is 7.77. The maximum Gasteiger partial charge on any atom is 0.254 e. The molecule has 2 heterocycles. The number of benzene rings is 2. The summed E-state index contributed by atoms with van der Waals surface area (Å²) in [5.74, 6) is -0.302. The summed E-state index contributed by atoms with van der Waals surface area (Å²) < 4.78 is 1.69. The Kier molecular flexibility index (Phi) is 4.25. The minimum Gasteiger partial charge on any atom is -0.383 e. The van der Waals surface area contributed by atoms with Gasteiger partial charge in [0.25, 0.3) is 5.91 Å². The van der Waals surface area contributed by atoms with Gasteiger partial charge in [-0.3, -0.25) is 4.79 Å². The van der Waals surface area contributed by atoms with E-state index in [4.69, 9.17) is 22.2 Å². The van der Waals surface area contributed by atoms with Gasteiger partial charge in [-0.1, -0.05) is 48.5 Å². The van der Waals surface area contributed by atoms with Crippen LogP contribution in [0.3, 0.4) is 0 Å². The van der Waals surface area contributed by atoms with Gasteiger partial charge >= 0.3 is 0 Å². The highest BCUT2D eigenvalue weighted by atomic mass is 16.1. The van der Waals surface area contributed by atoms with Gasteiger partial charge in [-0.05, 0) is 25.0 Å². The van der Waals surface area contributed by atoms with Gasteiger partial charge in [0, 0.05) is 22.6 Å². The van der Waals surface area contributed by atoms with Gasteiger partial charge in [0.15, 0.2) is 0 Å². The standard InChI is InChI=1S/C23H22N6O/c24-16-11-17(12-16)29-22(25)20(23(26)30)21(28-29)15-7-6-14-8-9-18(27-19(14)10-15)13-4-2-1-3-5-13/h1-10,16-17H,11-12,24-25H2,(H2,26,30). The van der Waals surface area contributed by atoms with Crippen molar-refractivity contribution in [1.82, 2.24) is 14.8 Å². The molecule has 6 N–H and O–H groups in total. The van der Waals surface area contributed by atoms with Crippen molar-refractivity contribution in [3.8, 4) is 22.5 Å². The van der Waals surface area contributed by atoms with Crippen molar-refractivity contribution >= 4 is 22.6 Å². The maximum absolute atomic E-state index is 12.2. The fourth-order valence-electron chi connectivity index (χ4n) is 4.03. The Balaban J connectivity index is 1.62. The highest BCUT2D eigenvalue weighted by Gasteiger charge is 2.32. The number of pyridine rings is 1. The van der Waals surface area contributed by atoms with Crippen LogP contribution in [-0.4, -0.2) is 26.7 Å². The molecule has 0 atom stereocenters. The number of primary amides is 1. The number of nitrogen functional groups attached to an aromatic ring is 1. The van der Waals surface area contributed by atoms with E-state index in [1.807, 2.05) is 60.7 Å². The number of rotatable bonds is 4. The first-order chi connectivity index (χ1) is 14.5. The van der Waals surface area contributed by atoms with E-state index < -0.39 is 5.91 Å². The summed E-state index contributed by atoms with van der Waals surface area (Å²) in [6.45, 7) is 0. The van der Waals surface area contributed by atoms with Crippen molar-refractivity contribution in [3.05, 3.63) is 66.2 Å². The van der Waals surface area contributed by atoms with E-state index >= 15 is 0 Å². The molecule has 1 saturated carbocycles. The number of carbonyl (C=O) groups excluding carboxylic acids is 1. The van der Waals surface area contributed by atoms with E-state index in [1.54, 1.807) is 4.68 Å². The van der Waals surface area contributed by atoms with Crippen LogP contribution >= 0.6 is 0 Å². The van der Waals surface area contributed by atoms with E-state index in [0.717, 1.165) is 40.6 Å². The molecule has 0 saturated heterocycles. The van der Waals surface area contributed by atoms with Crippen LogP contribution in [0.5, 0.6) is 0 Å². The lowest BCUT2D eigenvalue weighted by Gasteiger charge is -2.33. The Morgan fingerprint density at radius 2 is 1.73 bits per heavy atom. The third-order valence-electron chi connectivity index (χ3n) is 5.72. The molecule has 0 spiro atoms. The Morgan fingerprint density at radius 3 is 2.43 bits per heavy atom. The predicted octanol–water partition coefficient (Wildman–Crippen LogP) is 3.11. The van der Waals surface area contributed by atoms with E-state index in [2.05, 4.69) is 5.10 Å². The lowest BCUT2D eigenvalue weighted by Crippen LogP contribution is -2.38. The molecular formula is C23H22N6O. The summed E-state index contributed by atoms with van der Waals surface area (Å²) in [5, 5.41) is 5.65. The number of anilines is 1. The van der Waals surface area contributed by atoms with Crippen molar-refractivity contribution in [2.75, 3.05) is 5.73 Å². The zero-order valence-electron chi connectivity index (χ0n) is 16.3. The Bertz CT molecular complexity index is 1260. The number of hydrogen-bond acceptors (Lipinski definition) is 5. The fraction of sp³-hybridized carbons (Fsp3) is 0.174. The number of nitrogens with zero attached hydrogens (tertiary/aromatic N) is 3. The predicted molar refractivity (Wildman–Crippen MR) is 118 cm³/mol. The Labute approximate surface area is 173 Å². The molecule has 0 radical (unpaired) electrons. The second kappa shape index (κ2) is 6.96. The van der Waals surface area contributed by atoms with Crippen molar-refractivity contribution in [2.24, 2.45) is 11.5 Å². The topological polar surface area (TPSA) is 126 Å². The average molecular weight is 398 g/mol. The molecule has 0 bridgehead atoms. The average Bonchev–Trinajstić information content (AvgIpc) is 3.08. The monoisotopic (exact) mass is 398 g/mol. The molecule has 5 rings (SSSR count). The normalized spacial score (nSPS) is 18.3. The van der Waals surface area contributed by atoms with Crippen LogP contribution in [0.15, 0.2) is 60.7 Å². The van der Waals surface area contributed by atoms with Crippen LogP contribution in [0.4, 0.5) is 5.82 Å². The molecule has 150 valence electrons. The molecule has 2 aromatic heterocycles. The summed E-state index contributed by atoms with van der Waals surface area (Å²) in [5.41, 5.74) is 22.0. The lowest BCUT2D eigenvalue weighted by molar-refractivity contribution is 0.100. The van der Waals surface area contributed by atoms with Gasteiger partial charge in [-0.15, -0.1) is 0 Å². The highest BCUT2D eigenvalue weighted by molar-refractivity contribution is 6.04. The third kappa shape index (κ3) is 3.00. The molecule has 0 unspecified atom stereocenters. The molecule has 4 aromatic rings. The Morgan fingerprint density at radius 1 is 1.00 bits per heavy atom. The molecule has 1 aliphatic rings. The zero-order valence-corrected chi connectivity index (χ0v) is 16.3. The molecule has 2 aromatic carbocycles. The molecule has 1 amide bonds. The van der Waals surface area contributed by atoms with Gasteiger partial charge in [0.1, 0.15) is 17.1 Å². The van der Waals surface area contributed by atoms with Gasteiger partial charge < -0.3 is 17.2 Å². The molecule has 30 heavy (non-hydrogen) atoms. The highest BCUT2D eigenvalue weighted by Crippen LogP contribution is 2.37. The summed E-state index contributed by atoms with van der Waals surface area (Å²) in [4.78, 5) is 17.0. The summed E-state index contributed by atoms with van der Waals surface area (Å²) in [6.07, 6.45) is 1.56. The Hall–Kier alpha value is -3.71. The molecular weight excluding hydrogens is 376 g/mol. The SMILES string of the molecule is NC(=O)c1c(-c2ccc3ccc(-c4ccccc4)nc3c2)nn(C2CC(N)C2)c1N. The zero-order chi connectivity index (χ0) is 20.8. The van der Waals surface area contributed by atoms with E-state index in [9.17, 15) is 4.79 Å².